The van der Waals surface area contributed by atoms with Crippen LogP contribution in [-0.4, -0.2) is 10.3 Å². The van der Waals surface area contributed by atoms with Gasteiger partial charge in [-0.1, -0.05) is 22.9 Å². The predicted octanol–water partition coefficient (Wildman–Crippen LogP) is 2.89. The number of aryl methyl sites for hydroxylation is 1. The summed E-state index contributed by atoms with van der Waals surface area (Å²) in [6, 6.07) is 4.20. The van der Waals surface area contributed by atoms with E-state index in [9.17, 15) is 0 Å². The molecule has 2 heteroatoms. The van der Waals surface area contributed by atoms with E-state index in [0.717, 1.165) is 11.0 Å². The van der Waals surface area contributed by atoms with Gasteiger partial charge < -0.3 is 0 Å². The quantitative estimate of drug-likeness (QED) is 0.689. The van der Waals surface area contributed by atoms with E-state index in [-0.39, 0.29) is 0 Å². The molecule has 1 aromatic rings. The highest BCUT2D eigenvalue weighted by atomic mass is 79.9. The molecule has 0 fully saturated rings. The fraction of sp³-hybridized carbons (Fsp3) is 0.444. The third-order valence-electron chi connectivity index (χ3n) is 1.72. The summed E-state index contributed by atoms with van der Waals surface area (Å²) in [6.45, 7) is 4.22. The Balaban J connectivity index is 2.86. The van der Waals surface area contributed by atoms with Gasteiger partial charge in [0.15, 0.2) is 0 Å². The van der Waals surface area contributed by atoms with Gasteiger partial charge in [-0.15, -0.1) is 0 Å². The van der Waals surface area contributed by atoms with Crippen molar-refractivity contribution >= 4 is 15.9 Å². The molecule has 1 heterocycles. The lowest BCUT2D eigenvalue weighted by molar-refractivity contribution is 0.879. The minimum Gasteiger partial charge on any atom is -0.262 e. The molecule has 0 saturated carbocycles. The molecule has 0 bridgehead atoms. The van der Waals surface area contributed by atoms with E-state index in [0.29, 0.717) is 5.92 Å². The maximum atomic E-state index is 4.14. The first-order valence-electron chi connectivity index (χ1n) is 3.72. The molecule has 1 nitrogen and oxygen atoms in total. The summed E-state index contributed by atoms with van der Waals surface area (Å²) in [7, 11) is 0. The van der Waals surface area contributed by atoms with Crippen molar-refractivity contribution in [3.63, 3.8) is 0 Å². The average molecular weight is 214 g/mol. The van der Waals surface area contributed by atoms with Crippen LogP contribution in [0.3, 0.4) is 0 Å². The second kappa shape index (κ2) is 3.86. The van der Waals surface area contributed by atoms with Gasteiger partial charge in [-0.3, -0.25) is 4.98 Å². The number of pyridine rings is 1. The number of aromatic nitrogens is 1. The van der Waals surface area contributed by atoms with E-state index in [1.165, 1.54) is 5.56 Å². The Labute approximate surface area is 76.0 Å². The van der Waals surface area contributed by atoms with Crippen LogP contribution in [0.4, 0.5) is 0 Å². The van der Waals surface area contributed by atoms with Crippen LogP contribution in [0.25, 0.3) is 0 Å². The van der Waals surface area contributed by atoms with Crippen molar-refractivity contribution in [3.05, 3.63) is 29.6 Å². The fourth-order valence-corrected chi connectivity index (χ4v) is 1.34. The Bertz CT molecular complexity index is 235. The van der Waals surface area contributed by atoms with Gasteiger partial charge in [0, 0.05) is 17.2 Å². The van der Waals surface area contributed by atoms with Crippen molar-refractivity contribution in [1.82, 2.24) is 4.98 Å². The molecule has 1 unspecified atom stereocenters. The first-order chi connectivity index (χ1) is 5.24. The highest BCUT2D eigenvalue weighted by molar-refractivity contribution is 9.09. The Morgan fingerprint density at radius 2 is 2.36 bits per heavy atom. The van der Waals surface area contributed by atoms with Crippen LogP contribution in [0.2, 0.25) is 0 Å². The molecule has 0 N–H and O–H groups in total. The largest absolute Gasteiger partial charge is 0.262 e. The molecule has 0 spiro atoms. The van der Waals surface area contributed by atoms with Crippen molar-refractivity contribution in [3.8, 4) is 0 Å². The smallest absolute Gasteiger partial charge is 0.0375 e. The maximum absolute atomic E-state index is 4.14. The van der Waals surface area contributed by atoms with E-state index in [2.05, 4.69) is 40.0 Å². The number of hydrogen-bond acceptors (Lipinski definition) is 1. The molecule has 1 atom stereocenters. The average Bonchev–Trinajstić information content (AvgIpc) is 2.03. The first-order valence-corrected chi connectivity index (χ1v) is 4.84. The maximum Gasteiger partial charge on any atom is 0.0375 e. The van der Waals surface area contributed by atoms with Gasteiger partial charge in [0.2, 0.25) is 0 Å². The number of nitrogens with zero attached hydrogens (tertiary/aromatic N) is 1. The van der Waals surface area contributed by atoms with Crippen LogP contribution in [-0.2, 0) is 0 Å². The lowest BCUT2D eigenvalue weighted by Crippen LogP contribution is -1.95. The minimum absolute atomic E-state index is 0.580. The normalized spacial score (nSPS) is 13.0. The topological polar surface area (TPSA) is 12.9 Å². The molecule has 0 aliphatic rings. The zero-order valence-electron chi connectivity index (χ0n) is 6.84. The Kier molecular flexibility index (Phi) is 3.06. The SMILES string of the molecule is Cc1cc(C(C)CBr)ccn1. The molecule has 1 rings (SSSR count). The second-order valence-electron chi connectivity index (χ2n) is 2.79. The molecule has 0 amide bonds. The van der Waals surface area contributed by atoms with E-state index in [1.807, 2.05) is 13.1 Å². The summed E-state index contributed by atoms with van der Waals surface area (Å²) in [5, 5.41) is 1.01. The number of alkyl halides is 1. The van der Waals surface area contributed by atoms with E-state index < -0.39 is 0 Å². The second-order valence-corrected chi connectivity index (χ2v) is 3.43. The van der Waals surface area contributed by atoms with Gasteiger partial charge in [0.05, 0.1) is 0 Å². The van der Waals surface area contributed by atoms with Gasteiger partial charge in [-0.05, 0) is 30.5 Å². The van der Waals surface area contributed by atoms with Crippen molar-refractivity contribution in [2.75, 3.05) is 5.33 Å². The third kappa shape index (κ3) is 2.29. The van der Waals surface area contributed by atoms with E-state index >= 15 is 0 Å². The summed E-state index contributed by atoms with van der Waals surface area (Å²) in [5.41, 5.74) is 2.45. The minimum atomic E-state index is 0.580. The van der Waals surface area contributed by atoms with Crippen LogP contribution in [0, 0.1) is 6.92 Å². The lowest BCUT2D eigenvalue weighted by Gasteiger charge is -2.07. The summed E-state index contributed by atoms with van der Waals surface area (Å²) in [4.78, 5) is 4.14. The lowest BCUT2D eigenvalue weighted by atomic mass is 10.0. The van der Waals surface area contributed by atoms with Gasteiger partial charge in [-0.2, -0.15) is 0 Å². The molecule has 60 valence electrons. The van der Waals surface area contributed by atoms with Crippen molar-refractivity contribution in [2.45, 2.75) is 19.8 Å². The molecule has 0 radical (unpaired) electrons. The van der Waals surface area contributed by atoms with Gasteiger partial charge in [0.25, 0.3) is 0 Å². The van der Waals surface area contributed by atoms with Crippen molar-refractivity contribution in [1.29, 1.82) is 0 Å². The highest BCUT2D eigenvalue weighted by Crippen LogP contribution is 2.16. The van der Waals surface area contributed by atoms with Crippen LogP contribution >= 0.6 is 15.9 Å². The van der Waals surface area contributed by atoms with Gasteiger partial charge in [-0.25, -0.2) is 0 Å². The fourth-order valence-electron chi connectivity index (χ4n) is 0.963. The van der Waals surface area contributed by atoms with Crippen molar-refractivity contribution < 1.29 is 0 Å². The molecular weight excluding hydrogens is 202 g/mol. The Hall–Kier alpha value is -0.370. The van der Waals surface area contributed by atoms with E-state index in [1.54, 1.807) is 0 Å². The van der Waals surface area contributed by atoms with Crippen molar-refractivity contribution in [2.24, 2.45) is 0 Å². The molecule has 0 saturated heterocycles. The van der Waals surface area contributed by atoms with Gasteiger partial charge >= 0.3 is 0 Å². The molecular formula is C9H12BrN. The number of halogens is 1. The van der Waals surface area contributed by atoms with Gasteiger partial charge in [0.1, 0.15) is 0 Å². The monoisotopic (exact) mass is 213 g/mol. The van der Waals surface area contributed by atoms with E-state index in [4.69, 9.17) is 0 Å². The zero-order chi connectivity index (χ0) is 8.27. The molecule has 1 aromatic heterocycles. The highest BCUT2D eigenvalue weighted by Gasteiger charge is 2.02. The Morgan fingerprint density at radius 3 is 2.91 bits per heavy atom. The summed E-state index contributed by atoms with van der Waals surface area (Å²) in [6.07, 6.45) is 1.86. The number of rotatable bonds is 2. The molecule has 0 aliphatic carbocycles. The zero-order valence-corrected chi connectivity index (χ0v) is 8.43. The molecule has 11 heavy (non-hydrogen) atoms. The van der Waals surface area contributed by atoms with Crippen LogP contribution in [0.5, 0.6) is 0 Å². The predicted molar refractivity (Wildman–Crippen MR) is 51.2 cm³/mol. The Morgan fingerprint density at radius 1 is 1.64 bits per heavy atom. The first kappa shape index (κ1) is 8.72. The molecule has 0 aliphatic heterocycles. The standard InChI is InChI=1S/C9H12BrN/c1-7(6-10)9-3-4-11-8(2)5-9/h3-5,7H,6H2,1-2H3. The summed E-state index contributed by atoms with van der Waals surface area (Å²) in [5.74, 6) is 0.580. The van der Waals surface area contributed by atoms with Crippen LogP contribution < -0.4 is 0 Å². The summed E-state index contributed by atoms with van der Waals surface area (Å²) < 4.78 is 0. The number of hydrogen-bond donors (Lipinski definition) is 0. The third-order valence-corrected chi connectivity index (χ3v) is 2.69. The molecule has 0 aromatic carbocycles. The van der Waals surface area contributed by atoms with Crippen LogP contribution in [0.15, 0.2) is 18.3 Å². The summed E-state index contributed by atoms with van der Waals surface area (Å²) >= 11 is 3.46. The van der Waals surface area contributed by atoms with Crippen LogP contribution in [0.1, 0.15) is 24.1 Å².